The smallest absolute Gasteiger partial charge is 0.220 e. The molecule has 0 saturated carbocycles. The van der Waals surface area contributed by atoms with E-state index in [0.717, 1.165) is 38.5 Å². The molecule has 6 N–H and O–H groups in total. The van der Waals surface area contributed by atoms with E-state index in [1.807, 2.05) is 6.08 Å². The third-order valence-electron chi connectivity index (χ3n) is 8.86. The van der Waals surface area contributed by atoms with Crippen LogP contribution in [0.15, 0.2) is 12.2 Å². The number of nitrogens with one attached hydrogen (secondary N) is 1. The highest BCUT2D eigenvalue weighted by Crippen LogP contribution is 2.22. The van der Waals surface area contributed by atoms with Gasteiger partial charge in [-0.1, -0.05) is 142 Å². The van der Waals surface area contributed by atoms with Gasteiger partial charge in [0.25, 0.3) is 0 Å². The zero-order valence-electron chi connectivity index (χ0n) is 28.6. The standard InChI is InChI=1S/C36H69NO8/c1-3-5-7-9-11-13-15-16-18-20-22-24-26-32(40)37-29(28-44-36-35(43)34(42)33(41)31(27-38)45-36)30(39)25-23-21-19-17-14-12-10-8-6-4-2/h23,25,29-31,33-36,38-39,41-43H,3-22,24,26-28H2,1-2H3,(H,37,40)/b25-23+/t29-,30+,31+,33-,34?,35?,36+/m0/s1. The van der Waals surface area contributed by atoms with Crippen LogP contribution in [-0.2, 0) is 14.3 Å². The molecule has 9 heteroatoms. The molecule has 266 valence electrons. The molecule has 2 unspecified atom stereocenters. The monoisotopic (exact) mass is 644 g/mol. The Labute approximate surface area is 274 Å². The fourth-order valence-electron chi connectivity index (χ4n) is 5.80. The summed E-state index contributed by atoms with van der Waals surface area (Å²) in [6, 6.07) is -0.794. The van der Waals surface area contributed by atoms with Gasteiger partial charge in [-0.3, -0.25) is 4.79 Å². The highest BCUT2D eigenvalue weighted by molar-refractivity contribution is 5.76. The van der Waals surface area contributed by atoms with Crippen molar-refractivity contribution in [1.82, 2.24) is 5.32 Å². The molecule has 45 heavy (non-hydrogen) atoms. The maximum Gasteiger partial charge on any atom is 0.220 e. The largest absolute Gasteiger partial charge is 0.394 e. The molecule has 0 bridgehead atoms. The molecule has 0 aromatic carbocycles. The molecular formula is C36H69NO8. The first-order valence-corrected chi connectivity index (χ1v) is 18.4. The normalized spacial score (nSPS) is 23.4. The molecule has 1 aliphatic rings. The molecule has 0 aromatic heterocycles. The Balaban J connectivity index is 2.48. The Morgan fingerprint density at radius 1 is 0.733 bits per heavy atom. The average Bonchev–Trinajstić information content (AvgIpc) is 3.04. The van der Waals surface area contributed by atoms with Crippen LogP contribution >= 0.6 is 0 Å². The lowest BCUT2D eigenvalue weighted by atomic mass is 9.99. The first-order chi connectivity index (χ1) is 21.8. The van der Waals surface area contributed by atoms with E-state index >= 15 is 0 Å². The second-order valence-corrected chi connectivity index (χ2v) is 13.0. The van der Waals surface area contributed by atoms with Gasteiger partial charge in [-0.05, 0) is 19.3 Å². The van der Waals surface area contributed by atoms with Crippen molar-refractivity contribution >= 4 is 5.91 Å². The third-order valence-corrected chi connectivity index (χ3v) is 8.86. The van der Waals surface area contributed by atoms with E-state index < -0.39 is 49.5 Å². The van der Waals surface area contributed by atoms with E-state index in [1.165, 1.54) is 96.3 Å². The summed E-state index contributed by atoms with van der Waals surface area (Å²) >= 11 is 0. The molecule has 1 aliphatic heterocycles. The van der Waals surface area contributed by atoms with Crippen molar-refractivity contribution in [2.24, 2.45) is 0 Å². The molecule has 0 radical (unpaired) electrons. The predicted octanol–water partition coefficient (Wildman–Crippen LogP) is 5.83. The van der Waals surface area contributed by atoms with Crippen LogP contribution in [-0.4, -0.2) is 87.5 Å². The molecule has 0 aromatic rings. The first-order valence-electron chi connectivity index (χ1n) is 18.4. The lowest BCUT2D eigenvalue weighted by Crippen LogP contribution is -2.60. The predicted molar refractivity (Wildman–Crippen MR) is 180 cm³/mol. The molecule has 1 fully saturated rings. The van der Waals surface area contributed by atoms with E-state index in [-0.39, 0.29) is 12.5 Å². The van der Waals surface area contributed by atoms with E-state index in [2.05, 4.69) is 19.2 Å². The number of rotatable bonds is 29. The van der Waals surface area contributed by atoms with Gasteiger partial charge in [0.05, 0.1) is 25.4 Å². The Morgan fingerprint density at radius 2 is 1.22 bits per heavy atom. The number of aliphatic hydroxyl groups excluding tert-OH is 5. The fourth-order valence-corrected chi connectivity index (χ4v) is 5.80. The SMILES string of the molecule is CCCCCCCCCC/C=C/[C@@H](O)[C@H](CO[C@@H]1O[C@H](CO)[C@H](O)C(O)C1O)NC(=O)CCCCCCCCCCCCCC. The zero-order chi connectivity index (χ0) is 33.1. The summed E-state index contributed by atoms with van der Waals surface area (Å²) in [4.78, 5) is 12.8. The summed E-state index contributed by atoms with van der Waals surface area (Å²) in [5.74, 6) is -0.181. The average molecular weight is 644 g/mol. The number of allylic oxidation sites excluding steroid dienone is 1. The van der Waals surface area contributed by atoms with Gasteiger partial charge in [-0.2, -0.15) is 0 Å². The first kappa shape index (κ1) is 42.0. The third kappa shape index (κ3) is 20.0. The molecule has 1 rings (SSSR count). The van der Waals surface area contributed by atoms with Gasteiger partial charge in [-0.25, -0.2) is 0 Å². The van der Waals surface area contributed by atoms with Crippen molar-refractivity contribution in [2.75, 3.05) is 13.2 Å². The van der Waals surface area contributed by atoms with Crippen molar-refractivity contribution in [3.8, 4) is 0 Å². The minimum Gasteiger partial charge on any atom is -0.394 e. The van der Waals surface area contributed by atoms with Gasteiger partial charge in [-0.15, -0.1) is 0 Å². The van der Waals surface area contributed by atoms with E-state index in [4.69, 9.17) is 9.47 Å². The van der Waals surface area contributed by atoms with Crippen molar-refractivity contribution in [3.63, 3.8) is 0 Å². The summed E-state index contributed by atoms with van der Waals surface area (Å²) in [5.41, 5.74) is 0. The zero-order valence-corrected chi connectivity index (χ0v) is 28.6. The van der Waals surface area contributed by atoms with Gasteiger partial charge in [0.15, 0.2) is 6.29 Å². The number of amides is 1. The van der Waals surface area contributed by atoms with Crippen LogP contribution < -0.4 is 5.32 Å². The Kier molecular flexibility index (Phi) is 26.1. The fraction of sp³-hybridized carbons (Fsp3) is 0.917. The van der Waals surface area contributed by atoms with Crippen LogP contribution in [0.3, 0.4) is 0 Å². The van der Waals surface area contributed by atoms with Crippen molar-refractivity contribution in [2.45, 2.75) is 198 Å². The van der Waals surface area contributed by atoms with Gasteiger partial charge >= 0.3 is 0 Å². The number of ether oxygens (including phenoxy) is 2. The number of hydrogen-bond acceptors (Lipinski definition) is 8. The number of aliphatic hydroxyl groups is 5. The van der Waals surface area contributed by atoms with Crippen LogP contribution in [0, 0.1) is 0 Å². The number of carbonyl (C=O) groups excluding carboxylic acids is 1. The lowest BCUT2D eigenvalue weighted by molar-refractivity contribution is -0.302. The molecule has 1 saturated heterocycles. The van der Waals surface area contributed by atoms with Gasteiger partial charge in [0.1, 0.15) is 24.4 Å². The molecule has 7 atom stereocenters. The number of carbonyl (C=O) groups is 1. The number of unbranched alkanes of at least 4 members (excludes halogenated alkanes) is 19. The number of hydrogen-bond donors (Lipinski definition) is 6. The topological polar surface area (TPSA) is 149 Å². The van der Waals surface area contributed by atoms with Crippen LogP contribution in [0.1, 0.15) is 155 Å². The molecule has 0 spiro atoms. The highest BCUT2D eigenvalue weighted by Gasteiger charge is 2.44. The Morgan fingerprint density at radius 3 is 1.73 bits per heavy atom. The van der Waals surface area contributed by atoms with Crippen LogP contribution in [0.4, 0.5) is 0 Å². The summed E-state index contributed by atoms with van der Waals surface area (Å²) < 4.78 is 11.1. The highest BCUT2D eigenvalue weighted by atomic mass is 16.7. The minimum absolute atomic E-state index is 0.181. The molecule has 9 nitrogen and oxygen atoms in total. The molecule has 1 heterocycles. The van der Waals surface area contributed by atoms with Crippen molar-refractivity contribution < 1.29 is 39.8 Å². The molecule has 1 amide bonds. The van der Waals surface area contributed by atoms with E-state index in [1.54, 1.807) is 6.08 Å². The van der Waals surface area contributed by atoms with E-state index in [9.17, 15) is 30.3 Å². The summed E-state index contributed by atoms with van der Waals surface area (Å²) in [5, 5.41) is 53.7. The second-order valence-electron chi connectivity index (χ2n) is 13.0. The summed E-state index contributed by atoms with van der Waals surface area (Å²) in [6.45, 7) is 3.72. The van der Waals surface area contributed by atoms with Gasteiger partial charge < -0.3 is 40.3 Å². The Bertz CT molecular complexity index is 721. The quantitative estimate of drug-likeness (QED) is 0.0441. The van der Waals surface area contributed by atoms with Crippen molar-refractivity contribution in [1.29, 1.82) is 0 Å². The van der Waals surface area contributed by atoms with E-state index in [0.29, 0.717) is 6.42 Å². The Hall–Kier alpha value is -1.07. The second kappa shape index (κ2) is 28.0. The minimum atomic E-state index is -1.56. The summed E-state index contributed by atoms with van der Waals surface area (Å²) in [7, 11) is 0. The van der Waals surface area contributed by atoms with Crippen LogP contribution in [0.25, 0.3) is 0 Å². The lowest BCUT2D eigenvalue weighted by Gasteiger charge is -2.40. The van der Waals surface area contributed by atoms with Crippen molar-refractivity contribution in [3.05, 3.63) is 12.2 Å². The van der Waals surface area contributed by atoms with Gasteiger partial charge in [0.2, 0.25) is 5.91 Å². The van der Waals surface area contributed by atoms with Gasteiger partial charge in [0, 0.05) is 6.42 Å². The molecule has 0 aliphatic carbocycles. The maximum atomic E-state index is 12.8. The summed E-state index contributed by atoms with van der Waals surface area (Å²) in [6.07, 6.45) is 21.1. The van der Waals surface area contributed by atoms with Crippen LogP contribution in [0.5, 0.6) is 0 Å². The molecular weight excluding hydrogens is 574 g/mol. The van der Waals surface area contributed by atoms with Crippen LogP contribution in [0.2, 0.25) is 0 Å². The maximum absolute atomic E-state index is 12.8.